The highest BCUT2D eigenvalue weighted by Gasteiger charge is 2.45. The Morgan fingerprint density at radius 3 is 1.88 bits per heavy atom. The van der Waals surface area contributed by atoms with Gasteiger partial charge in [-0.05, 0) is 25.2 Å². The Balaban J connectivity index is 2.36. The molecule has 0 aromatic carbocycles. The summed E-state index contributed by atoms with van der Waals surface area (Å²) in [5.74, 6) is 0.171. The first kappa shape index (κ1) is 29.7. The van der Waals surface area contributed by atoms with Crippen LogP contribution >= 0.6 is 11.8 Å². The summed E-state index contributed by atoms with van der Waals surface area (Å²) in [5.41, 5.74) is 0. The Kier molecular flexibility index (Phi) is 16.7. The molecule has 1 aliphatic rings. The highest BCUT2D eigenvalue weighted by Crippen LogP contribution is 2.40. The van der Waals surface area contributed by atoms with Crippen molar-refractivity contribution in [3.05, 3.63) is 0 Å². The van der Waals surface area contributed by atoms with Crippen LogP contribution in [0.15, 0.2) is 0 Å². The van der Waals surface area contributed by atoms with E-state index in [9.17, 15) is 25.2 Å². The standard InChI is InChI=1S/C25H48O6S/c1-3-4-5-12-15-19(25-24(30)23(29)22(28)20(18-26)32-25)16-13-10-8-6-7-9-11-14-17-21(27)31-2/h19-20,22-26,28-30H,3-18H2,1-2H3/t19?,20-,22-,23+,24-,25+/m1/s1. The summed E-state index contributed by atoms with van der Waals surface area (Å²) in [7, 11) is 1.43. The molecule has 190 valence electrons. The number of carbonyl (C=O) groups excluding carboxylic acids is 1. The molecule has 6 nitrogen and oxygen atoms in total. The number of unbranched alkanes of at least 4 members (excludes halogenated alkanes) is 10. The van der Waals surface area contributed by atoms with Gasteiger partial charge in [-0.15, -0.1) is 11.8 Å². The van der Waals surface area contributed by atoms with Crippen LogP contribution in [0, 0.1) is 5.92 Å². The molecular weight excluding hydrogens is 428 g/mol. The van der Waals surface area contributed by atoms with Crippen LogP contribution in [0.4, 0.5) is 0 Å². The number of ether oxygens (including phenoxy) is 1. The fourth-order valence-electron chi connectivity index (χ4n) is 4.66. The lowest BCUT2D eigenvalue weighted by Gasteiger charge is -2.43. The van der Waals surface area contributed by atoms with E-state index in [1.165, 1.54) is 57.4 Å². The first-order valence-corrected chi connectivity index (χ1v) is 13.8. The topological polar surface area (TPSA) is 107 Å². The van der Waals surface area contributed by atoms with Crippen LogP contribution in [-0.4, -0.2) is 68.9 Å². The fraction of sp³-hybridized carbons (Fsp3) is 0.960. The molecule has 1 fully saturated rings. The van der Waals surface area contributed by atoms with E-state index in [2.05, 4.69) is 11.7 Å². The van der Waals surface area contributed by atoms with E-state index in [4.69, 9.17) is 0 Å². The molecule has 7 heteroatoms. The maximum atomic E-state index is 11.1. The smallest absolute Gasteiger partial charge is 0.305 e. The van der Waals surface area contributed by atoms with Crippen LogP contribution in [0.2, 0.25) is 0 Å². The number of hydrogen-bond donors (Lipinski definition) is 4. The normalized spacial score (nSPS) is 26.8. The third-order valence-corrected chi connectivity index (χ3v) is 8.51. The Bertz CT molecular complexity index is 475. The molecule has 1 unspecified atom stereocenters. The van der Waals surface area contributed by atoms with Crippen molar-refractivity contribution in [1.82, 2.24) is 0 Å². The van der Waals surface area contributed by atoms with Crippen molar-refractivity contribution in [2.75, 3.05) is 13.7 Å². The van der Waals surface area contributed by atoms with E-state index in [0.29, 0.717) is 12.3 Å². The Labute approximate surface area is 199 Å². The zero-order valence-corrected chi connectivity index (χ0v) is 21.1. The van der Waals surface area contributed by atoms with Crippen LogP contribution in [0.1, 0.15) is 103 Å². The molecule has 1 aliphatic heterocycles. The van der Waals surface area contributed by atoms with Crippen LogP contribution in [0.25, 0.3) is 0 Å². The Morgan fingerprint density at radius 1 is 0.812 bits per heavy atom. The first-order valence-electron chi connectivity index (χ1n) is 12.8. The van der Waals surface area contributed by atoms with Gasteiger partial charge >= 0.3 is 5.97 Å². The lowest BCUT2D eigenvalue weighted by molar-refractivity contribution is -0.140. The second kappa shape index (κ2) is 18.0. The molecular formula is C25H48O6S. The Hall–Kier alpha value is -0.340. The monoisotopic (exact) mass is 476 g/mol. The van der Waals surface area contributed by atoms with Crippen molar-refractivity contribution >= 4 is 17.7 Å². The SMILES string of the molecule is CCCCCCC(CCCCCCCCCCC(=O)OC)[C@@H]1S[C@H](CO)[C@@H](O)[C@H](O)[C@H]1O. The van der Waals surface area contributed by atoms with Crippen molar-refractivity contribution in [2.45, 2.75) is 132 Å². The summed E-state index contributed by atoms with van der Waals surface area (Å²) in [6.45, 7) is 2.01. The van der Waals surface area contributed by atoms with Gasteiger partial charge in [0.05, 0.1) is 31.2 Å². The fourth-order valence-corrected chi connectivity index (χ4v) is 6.29. The summed E-state index contributed by atoms with van der Waals surface area (Å²) in [4.78, 5) is 11.1. The molecule has 0 bridgehead atoms. The number of thioether (sulfide) groups is 1. The molecule has 1 rings (SSSR count). The maximum absolute atomic E-state index is 11.1. The molecule has 0 radical (unpaired) electrons. The van der Waals surface area contributed by atoms with Gasteiger partial charge in [0.25, 0.3) is 0 Å². The minimum Gasteiger partial charge on any atom is -0.469 e. The number of carbonyl (C=O) groups is 1. The molecule has 4 N–H and O–H groups in total. The average molecular weight is 477 g/mol. The highest BCUT2D eigenvalue weighted by atomic mass is 32.2. The van der Waals surface area contributed by atoms with Gasteiger partial charge in [-0.2, -0.15) is 0 Å². The highest BCUT2D eigenvalue weighted by molar-refractivity contribution is 8.00. The molecule has 0 amide bonds. The molecule has 0 spiro atoms. The zero-order chi connectivity index (χ0) is 23.8. The van der Waals surface area contributed by atoms with Gasteiger partial charge in [0, 0.05) is 11.7 Å². The number of aliphatic hydroxyl groups is 4. The van der Waals surface area contributed by atoms with E-state index < -0.39 is 23.6 Å². The number of aliphatic hydroxyl groups excluding tert-OH is 4. The van der Waals surface area contributed by atoms with Crippen molar-refractivity contribution < 1.29 is 30.0 Å². The second-order valence-corrected chi connectivity index (χ2v) is 10.8. The van der Waals surface area contributed by atoms with Crippen LogP contribution in [0.3, 0.4) is 0 Å². The largest absolute Gasteiger partial charge is 0.469 e. The van der Waals surface area contributed by atoms with Crippen molar-refractivity contribution in [1.29, 1.82) is 0 Å². The lowest BCUT2D eigenvalue weighted by Crippen LogP contribution is -2.55. The second-order valence-electron chi connectivity index (χ2n) is 9.35. The molecule has 6 atom stereocenters. The molecule has 0 aromatic rings. The number of rotatable bonds is 18. The number of hydrogen-bond acceptors (Lipinski definition) is 7. The average Bonchev–Trinajstić information content (AvgIpc) is 2.80. The minimum atomic E-state index is -1.18. The van der Waals surface area contributed by atoms with Gasteiger partial charge in [-0.3, -0.25) is 4.79 Å². The summed E-state index contributed by atoms with van der Waals surface area (Å²) < 4.78 is 4.66. The van der Waals surface area contributed by atoms with E-state index in [1.807, 2.05) is 0 Å². The number of esters is 1. The zero-order valence-electron chi connectivity index (χ0n) is 20.3. The molecule has 0 aliphatic carbocycles. The van der Waals surface area contributed by atoms with Crippen LogP contribution < -0.4 is 0 Å². The molecule has 0 aromatic heterocycles. The van der Waals surface area contributed by atoms with E-state index in [0.717, 1.165) is 51.4 Å². The Morgan fingerprint density at radius 2 is 1.34 bits per heavy atom. The maximum Gasteiger partial charge on any atom is 0.305 e. The van der Waals surface area contributed by atoms with Crippen LogP contribution in [0.5, 0.6) is 0 Å². The first-order chi connectivity index (χ1) is 15.5. The molecule has 1 heterocycles. The van der Waals surface area contributed by atoms with Gasteiger partial charge in [-0.25, -0.2) is 0 Å². The summed E-state index contributed by atoms with van der Waals surface area (Å²) in [6.07, 6.45) is 13.1. The van der Waals surface area contributed by atoms with Gasteiger partial charge in [0.1, 0.15) is 6.10 Å². The molecule has 1 saturated heterocycles. The van der Waals surface area contributed by atoms with Crippen molar-refractivity contribution in [3.63, 3.8) is 0 Å². The van der Waals surface area contributed by atoms with Gasteiger partial charge in [0.15, 0.2) is 0 Å². The van der Waals surface area contributed by atoms with Crippen LogP contribution in [-0.2, 0) is 9.53 Å². The lowest BCUT2D eigenvalue weighted by atomic mass is 9.86. The van der Waals surface area contributed by atoms with E-state index >= 15 is 0 Å². The van der Waals surface area contributed by atoms with E-state index in [-0.39, 0.29) is 17.8 Å². The predicted molar refractivity (Wildman–Crippen MR) is 131 cm³/mol. The summed E-state index contributed by atoms with van der Waals surface area (Å²) in [5, 5.41) is 40.1. The third-order valence-electron chi connectivity index (χ3n) is 6.76. The van der Waals surface area contributed by atoms with Crippen molar-refractivity contribution in [2.24, 2.45) is 5.92 Å². The number of methoxy groups -OCH3 is 1. The third kappa shape index (κ3) is 11.2. The molecule has 32 heavy (non-hydrogen) atoms. The predicted octanol–water partition coefficient (Wildman–Crippen LogP) is 4.21. The van der Waals surface area contributed by atoms with Crippen molar-refractivity contribution in [3.8, 4) is 0 Å². The molecule has 0 saturated carbocycles. The summed E-state index contributed by atoms with van der Waals surface area (Å²) in [6, 6.07) is 0. The summed E-state index contributed by atoms with van der Waals surface area (Å²) >= 11 is 1.46. The van der Waals surface area contributed by atoms with Gasteiger partial charge in [0.2, 0.25) is 0 Å². The van der Waals surface area contributed by atoms with Gasteiger partial charge < -0.3 is 25.2 Å². The van der Waals surface area contributed by atoms with E-state index in [1.54, 1.807) is 0 Å². The quantitative estimate of drug-likeness (QED) is 0.173. The minimum absolute atomic E-state index is 0.122. The van der Waals surface area contributed by atoms with Gasteiger partial charge in [-0.1, -0.05) is 77.6 Å².